The van der Waals surface area contributed by atoms with Gasteiger partial charge in [-0.25, -0.2) is 5.43 Å². The van der Waals surface area contributed by atoms with Crippen LogP contribution in [0.1, 0.15) is 36.1 Å². The summed E-state index contributed by atoms with van der Waals surface area (Å²) in [5.41, 5.74) is 5.55. The highest BCUT2D eigenvalue weighted by Gasteiger charge is 2.24. The molecule has 0 bridgehead atoms. The summed E-state index contributed by atoms with van der Waals surface area (Å²) in [5, 5.41) is 15.9. The average Bonchev–Trinajstić information content (AvgIpc) is 2.90. The third-order valence-electron chi connectivity index (χ3n) is 5.52. The first-order valence-electron chi connectivity index (χ1n) is 11.9. The van der Waals surface area contributed by atoms with Crippen molar-refractivity contribution in [3.63, 3.8) is 0 Å². The van der Waals surface area contributed by atoms with Crippen molar-refractivity contribution in [3.8, 4) is 17.6 Å². The molecule has 1 atom stereocenters. The van der Waals surface area contributed by atoms with Crippen LogP contribution in [0.2, 0.25) is 0 Å². The number of nitrogens with one attached hydrogen (secondary N) is 2. The van der Waals surface area contributed by atoms with Gasteiger partial charge in [-0.3, -0.25) is 9.59 Å². The van der Waals surface area contributed by atoms with Gasteiger partial charge in [0, 0.05) is 5.56 Å². The van der Waals surface area contributed by atoms with Crippen LogP contribution >= 0.6 is 0 Å². The van der Waals surface area contributed by atoms with E-state index in [1.165, 1.54) is 6.21 Å². The fraction of sp³-hybridized carbons (Fsp3) is 0.241. The fourth-order valence-corrected chi connectivity index (χ4v) is 3.42. The van der Waals surface area contributed by atoms with Crippen molar-refractivity contribution in [2.75, 3.05) is 6.61 Å². The van der Waals surface area contributed by atoms with Crippen LogP contribution in [-0.2, 0) is 16.2 Å². The normalized spacial score (nSPS) is 11.5. The maximum absolute atomic E-state index is 12.6. The number of hydrogen-bond donors (Lipinski definition) is 2. The van der Waals surface area contributed by atoms with Crippen LogP contribution in [0.4, 0.5) is 0 Å². The molecule has 37 heavy (non-hydrogen) atoms. The molecule has 0 spiro atoms. The Balaban J connectivity index is 1.49. The molecule has 0 fully saturated rings. The van der Waals surface area contributed by atoms with E-state index < -0.39 is 17.9 Å². The van der Waals surface area contributed by atoms with Crippen molar-refractivity contribution in [1.29, 1.82) is 5.26 Å². The Kier molecular flexibility index (Phi) is 9.80. The number of aryl methyl sites for hydroxylation is 1. The summed E-state index contributed by atoms with van der Waals surface area (Å²) in [6.45, 7) is 5.66. The Morgan fingerprint density at radius 3 is 2.41 bits per heavy atom. The highest BCUT2D eigenvalue weighted by Crippen LogP contribution is 2.17. The van der Waals surface area contributed by atoms with E-state index in [1.807, 2.05) is 57.2 Å². The largest absolute Gasteiger partial charge is 0.489 e. The topological polar surface area (TPSA) is 113 Å². The highest BCUT2D eigenvalue weighted by atomic mass is 16.5. The first-order chi connectivity index (χ1) is 17.9. The third-order valence-corrected chi connectivity index (χ3v) is 5.52. The molecule has 190 valence electrons. The maximum Gasteiger partial charge on any atom is 0.262 e. The van der Waals surface area contributed by atoms with Crippen molar-refractivity contribution >= 4 is 18.0 Å². The first-order valence-corrected chi connectivity index (χ1v) is 11.9. The van der Waals surface area contributed by atoms with Crippen molar-refractivity contribution in [1.82, 2.24) is 10.7 Å². The predicted molar refractivity (Wildman–Crippen MR) is 141 cm³/mol. The summed E-state index contributed by atoms with van der Waals surface area (Å²) < 4.78 is 11.3. The molecule has 2 amide bonds. The van der Waals surface area contributed by atoms with Crippen LogP contribution in [-0.4, -0.2) is 30.7 Å². The van der Waals surface area contributed by atoms with Gasteiger partial charge in [-0.15, -0.1) is 0 Å². The van der Waals surface area contributed by atoms with Gasteiger partial charge in [-0.2, -0.15) is 10.4 Å². The molecule has 2 N–H and O–H groups in total. The zero-order valence-corrected chi connectivity index (χ0v) is 21.1. The van der Waals surface area contributed by atoms with Gasteiger partial charge >= 0.3 is 0 Å². The molecule has 0 heterocycles. The lowest BCUT2D eigenvalue weighted by molar-refractivity contribution is -0.131. The van der Waals surface area contributed by atoms with E-state index in [2.05, 4.69) is 21.9 Å². The Bertz CT molecular complexity index is 1280. The Morgan fingerprint density at radius 2 is 1.70 bits per heavy atom. The summed E-state index contributed by atoms with van der Waals surface area (Å²) in [5.74, 6) is 0.293. The van der Waals surface area contributed by atoms with Crippen LogP contribution in [0, 0.1) is 24.2 Å². The molecule has 0 saturated carbocycles. The number of rotatable bonds is 11. The molecule has 0 aliphatic heterocycles. The van der Waals surface area contributed by atoms with Gasteiger partial charge in [-0.1, -0.05) is 50.2 Å². The van der Waals surface area contributed by atoms with Crippen LogP contribution in [0.5, 0.6) is 11.5 Å². The summed E-state index contributed by atoms with van der Waals surface area (Å²) in [6, 6.07) is 23.2. The Morgan fingerprint density at radius 1 is 1.00 bits per heavy atom. The quantitative estimate of drug-likeness (QED) is 0.305. The molecule has 0 radical (unpaired) electrons. The SMILES string of the molecule is Cc1ccccc1OCC(=O)N[C@H](C(=O)N/N=C\c1ccc(OCc2ccccc2C#N)cc1)C(C)C. The molecule has 0 aliphatic rings. The number of benzene rings is 3. The van der Waals surface area contributed by atoms with E-state index in [-0.39, 0.29) is 19.1 Å². The second kappa shape index (κ2) is 13.4. The number of hydrazone groups is 1. The van der Waals surface area contributed by atoms with Crippen molar-refractivity contribution in [3.05, 3.63) is 95.1 Å². The minimum Gasteiger partial charge on any atom is -0.489 e. The zero-order chi connectivity index (χ0) is 26.6. The molecular formula is C29H30N4O4. The van der Waals surface area contributed by atoms with E-state index in [1.54, 1.807) is 36.4 Å². The lowest BCUT2D eigenvalue weighted by atomic mass is 10.0. The molecule has 8 heteroatoms. The Labute approximate surface area is 216 Å². The molecule has 3 aromatic rings. The van der Waals surface area contributed by atoms with Gasteiger partial charge in [0.15, 0.2) is 6.61 Å². The second-order valence-corrected chi connectivity index (χ2v) is 8.70. The summed E-state index contributed by atoms with van der Waals surface area (Å²) in [6.07, 6.45) is 1.51. The van der Waals surface area contributed by atoms with Gasteiger partial charge in [0.05, 0.1) is 17.8 Å². The predicted octanol–water partition coefficient (Wildman–Crippen LogP) is 4.12. The number of carbonyl (C=O) groups is 2. The number of para-hydroxylation sites is 1. The highest BCUT2D eigenvalue weighted by molar-refractivity contribution is 5.89. The number of ether oxygens (including phenoxy) is 2. The van der Waals surface area contributed by atoms with E-state index in [0.29, 0.717) is 17.1 Å². The molecule has 0 aliphatic carbocycles. The van der Waals surface area contributed by atoms with Crippen LogP contribution in [0.15, 0.2) is 77.9 Å². The summed E-state index contributed by atoms with van der Waals surface area (Å²) in [7, 11) is 0. The number of carbonyl (C=O) groups excluding carboxylic acids is 2. The molecule has 3 aromatic carbocycles. The molecule has 8 nitrogen and oxygen atoms in total. The number of nitriles is 1. The standard InChI is InChI=1S/C29H30N4O4/c1-20(2)28(32-27(34)19-37-26-11-7-4-8-21(26)3)29(35)33-31-17-22-12-14-25(15-13-22)36-18-24-10-6-5-9-23(24)16-30/h4-15,17,20,28H,18-19H2,1-3H3,(H,32,34)(H,33,35)/b31-17-/t28-/m0/s1. The number of amides is 2. The lowest BCUT2D eigenvalue weighted by Gasteiger charge is -2.20. The molecule has 0 aromatic heterocycles. The number of nitrogens with zero attached hydrogens (tertiary/aromatic N) is 2. The van der Waals surface area contributed by atoms with Gasteiger partial charge in [0.2, 0.25) is 0 Å². The third kappa shape index (κ3) is 8.22. The van der Waals surface area contributed by atoms with Gasteiger partial charge < -0.3 is 14.8 Å². The smallest absolute Gasteiger partial charge is 0.262 e. The maximum atomic E-state index is 12.6. The average molecular weight is 499 g/mol. The van der Waals surface area contributed by atoms with E-state index >= 15 is 0 Å². The number of hydrogen-bond acceptors (Lipinski definition) is 6. The van der Waals surface area contributed by atoms with Crippen LogP contribution < -0.4 is 20.2 Å². The van der Waals surface area contributed by atoms with E-state index in [9.17, 15) is 14.9 Å². The minimum absolute atomic E-state index is 0.153. The summed E-state index contributed by atoms with van der Waals surface area (Å²) >= 11 is 0. The molecular weight excluding hydrogens is 468 g/mol. The van der Waals surface area contributed by atoms with E-state index in [4.69, 9.17) is 9.47 Å². The van der Waals surface area contributed by atoms with Crippen molar-refractivity contribution < 1.29 is 19.1 Å². The first kappa shape index (κ1) is 27.0. The van der Waals surface area contributed by atoms with Crippen molar-refractivity contribution in [2.24, 2.45) is 11.0 Å². The van der Waals surface area contributed by atoms with E-state index in [0.717, 1.165) is 16.7 Å². The second-order valence-electron chi connectivity index (χ2n) is 8.70. The van der Waals surface area contributed by atoms with Gasteiger partial charge in [0.1, 0.15) is 24.1 Å². The van der Waals surface area contributed by atoms with Crippen LogP contribution in [0.3, 0.4) is 0 Å². The molecule has 0 saturated heterocycles. The monoisotopic (exact) mass is 498 g/mol. The fourth-order valence-electron chi connectivity index (χ4n) is 3.42. The molecule has 0 unspecified atom stereocenters. The van der Waals surface area contributed by atoms with Crippen molar-refractivity contribution in [2.45, 2.75) is 33.4 Å². The molecule has 3 rings (SSSR count). The lowest BCUT2D eigenvalue weighted by Crippen LogP contribution is -2.49. The van der Waals surface area contributed by atoms with Gasteiger partial charge in [-0.05, 0) is 60.4 Å². The van der Waals surface area contributed by atoms with Crippen LogP contribution in [0.25, 0.3) is 0 Å². The van der Waals surface area contributed by atoms with Gasteiger partial charge in [0.25, 0.3) is 11.8 Å². The Hall–Kier alpha value is -4.64. The zero-order valence-electron chi connectivity index (χ0n) is 21.1. The minimum atomic E-state index is -0.766. The summed E-state index contributed by atoms with van der Waals surface area (Å²) in [4.78, 5) is 25.0.